The Morgan fingerprint density at radius 2 is 1.94 bits per heavy atom. The van der Waals surface area contributed by atoms with Gasteiger partial charge in [0.1, 0.15) is 0 Å². The number of hydrogen-bond acceptors (Lipinski definition) is 2. The number of para-hydroxylation sites is 1. The summed E-state index contributed by atoms with van der Waals surface area (Å²) in [4.78, 5) is 11.8. The molecule has 0 fully saturated rings. The normalized spacial score (nSPS) is 11.3. The van der Waals surface area contributed by atoms with Gasteiger partial charge in [0.15, 0.2) is 0 Å². The fraction of sp³-hybridized carbons (Fsp3) is 0.500. The summed E-state index contributed by atoms with van der Waals surface area (Å²) in [5.74, 6) is 0.576. The van der Waals surface area contributed by atoms with Gasteiger partial charge in [-0.05, 0) is 18.1 Å². The van der Waals surface area contributed by atoms with E-state index in [1.54, 1.807) is 11.8 Å². The second-order valence-electron chi connectivity index (χ2n) is 4.96. The number of hydrogen-bond donors (Lipinski definition) is 1. The molecule has 1 amide bonds. The molecule has 0 aromatic heterocycles. The van der Waals surface area contributed by atoms with Crippen LogP contribution in [0.15, 0.2) is 24.3 Å². The minimum absolute atomic E-state index is 0.0748. The van der Waals surface area contributed by atoms with Crippen molar-refractivity contribution < 1.29 is 4.79 Å². The van der Waals surface area contributed by atoms with Crippen molar-refractivity contribution in [2.45, 2.75) is 38.9 Å². The molecule has 0 heterocycles. The molecule has 0 saturated heterocycles. The molecule has 17 heavy (non-hydrogen) atoms. The zero-order valence-electron chi connectivity index (χ0n) is 11.0. The first-order valence-corrected chi connectivity index (χ1v) is 6.92. The van der Waals surface area contributed by atoms with Crippen molar-refractivity contribution in [3.63, 3.8) is 0 Å². The molecule has 0 aliphatic carbocycles. The molecule has 1 N–H and O–H groups in total. The van der Waals surface area contributed by atoms with Crippen LogP contribution < -0.4 is 5.32 Å². The Morgan fingerprint density at radius 3 is 2.53 bits per heavy atom. The van der Waals surface area contributed by atoms with E-state index >= 15 is 0 Å². The zero-order chi connectivity index (χ0) is 12.9. The number of thioether (sulfide) groups is 1. The van der Waals surface area contributed by atoms with Crippen LogP contribution in [-0.2, 0) is 11.2 Å². The Hall–Kier alpha value is -0.960. The van der Waals surface area contributed by atoms with Crippen molar-refractivity contribution in [1.82, 2.24) is 0 Å². The van der Waals surface area contributed by atoms with Crippen molar-refractivity contribution in [3.05, 3.63) is 29.8 Å². The highest BCUT2D eigenvalue weighted by molar-refractivity contribution is 8.01. The predicted molar refractivity (Wildman–Crippen MR) is 76.7 cm³/mol. The van der Waals surface area contributed by atoms with E-state index in [-0.39, 0.29) is 10.7 Å². The molecular formula is C14H21NOS. The number of rotatable bonds is 4. The predicted octanol–water partition coefficient (Wildman–Crippen LogP) is 3.72. The van der Waals surface area contributed by atoms with E-state index in [4.69, 9.17) is 0 Å². The van der Waals surface area contributed by atoms with Crippen molar-refractivity contribution in [1.29, 1.82) is 0 Å². The molecule has 1 rings (SSSR count). The highest BCUT2D eigenvalue weighted by Gasteiger charge is 2.13. The van der Waals surface area contributed by atoms with Gasteiger partial charge in [-0.2, -0.15) is 0 Å². The summed E-state index contributed by atoms with van der Waals surface area (Å²) in [5.41, 5.74) is 2.12. The van der Waals surface area contributed by atoms with E-state index in [1.807, 2.05) is 24.3 Å². The number of amides is 1. The molecule has 0 aliphatic rings. The van der Waals surface area contributed by atoms with E-state index in [2.05, 4.69) is 33.0 Å². The summed E-state index contributed by atoms with van der Waals surface area (Å²) >= 11 is 1.66. The second kappa shape index (κ2) is 6.10. The molecule has 0 spiro atoms. The monoisotopic (exact) mass is 251 g/mol. The minimum Gasteiger partial charge on any atom is -0.325 e. The largest absolute Gasteiger partial charge is 0.325 e. The number of aryl methyl sites for hydroxylation is 1. The number of carbonyl (C=O) groups excluding carboxylic acids is 1. The smallest absolute Gasteiger partial charge is 0.234 e. The molecule has 1 aromatic rings. The quantitative estimate of drug-likeness (QED) is 0.883. The lowest BCUT2D eigenvalue weighted by atomic mass is 10.1. The maximum absolute atomic E-state index is 11.8. The van der Waals surface area contributed by atoms with Crippen LogP contribution in [0.3, 0.4) is 0 Å². The molecule has 94 valence electrons. The number of benzene rings is 1. The van der Waals surface area contributed by atoms with Crippen LogP contribution in [0.2, 0.25) is 0 Å². The zero-order valence-corrected chi connectivity index (χ0v) is 11.9. The molecule has 0 saturated carbocycles. The average Bonchev–Trinajstić information content (AvgIpc) is 2.26. The van der Waals surface area contributed by atoms with Gasteiger partial charge in [0, 0.05) is 10.4 Å². The summed E-state index contributed by atoms with van der Waals surface area (Å²) in [6, 6.07) is 7.95. The van der Waals surface area contributed by atoms with Crippen LogP contribution in [0.5, 0.6) is 0 Å². The molecule has 0 atom stereocenters. The maximum atomic E-state index is 11.8. The molecular weight excluding hydrogens is 230 g/mol. The Labute approximate surface area is 108 Å². The first-order valence-electron chi connectivity index (χ1n) is 5.94. The first-order chi connectivity index (χ1) is 7.92. The fourth-order valence-electron chi connectivity index (χ4n) is 1.42. The van der Waals surface area contributed by atoms with Crippen LogP contribution in [0.4, 0.5) is 5.69 Å². The van der Waals surface area contributed by atoms with Crippen LogP contribution in [0.1, 0.15) is 33.3 Å². The topological polar surface area (TPSA) is 29.1 Å². The maximum Gasteiger partial charge on any atom is 0.234 e. The van der Waals surface area contributed by atoms with Gasteiger partial charge < -0.3 is 5.32 Å². The average molecular weight is 251 g/mol. The van der Waals surface area contributed by atoms with E-state index in [0.29, 0.717) is 5.75 Å². The minimum atomic E-state index is 0.0748. The van der Waals surface area contributed by atoms with Crippen LogP contribution in [0, 0.1) is 0 Å². The molecule has 0 unspecified atom stereocenters. The third kappa shape index (κ3) is 5.26. The van der Waals surface area contributed by atoms with Gasteiger partial charge in [-0.1, -0.05) is 45.9 Å². The third-order valence-corrected chi connectivity index (χ3v) is 3.58. The van der Waals surface area contributed by atoms with Gasteiger partial charge in [-0.25, -0.2) is 0 Å². The number of anilines is 1. The van der Waals surface area contributed by atoms with Crippen LogP contribution in [0.25, 0.3) is 0 Å². The molecule has 0 bridgehead atoms. The molecule has 0 radical (unpaired) electrons. The highest BCUT2D eigenvalue weighted by Crippen LogP contribution is 2.23. The Kier molecular flexibility index (Phi) is 5.06. The molecule has 0 aliphatic heterocycles. The van der Waals surface area contributed by atoms with E-state index in [9.17, 15) is 4.79 Å². The number of nitrogens with one attached hydrogen (secondary N) is 1. The Balaban J connectivity index is 2.56. The van der Waals surface area contributed by atoms with E-state index in [0.717, 1.165) is 12.1 Å². The summed E-state index contributed by atoms with van der Waals surface area (Å²) in [5, 5.41) is 2.97. The van der Waals surface area contributed by atoms with Crippen molar-refractivity contribution in [2.24, 2.45) is 0 Å². The molecule has 1 aromatic carbocycles. The lowest BCUT2D eigenvalue weighted by Gasteiger charge is -2.17. The van der Waals surface area contributed by atoms with Gasteiger partial charge in [0.2, 0.25) is 5.91 Å². The fourth-order valence-corrected chi connectivity index (χ4v) is 2.06. The molecule has 2 nitrogen and oxygen atoms in total. The lowest BCUT2D eigenvalue weighted by Crippen LogP contribution is -2.19. The van der Waals surface area contributed by atoms with E-state index < -0.39 is 0 Å². The Bertz CT molecular complexity index is 382. The third-order valence-electron chi connectivity index (χ3n) is 2.31. The van der Waals surface area contributed by atoms with Gasteiger partial charge in [-0.15, -0.1) is 11.8 Å². The van der Waals surface area contributed by atoms with Crippen molar-refractivity contribution in [2.75, 3.05) is 11.1 Å². The van der Waals surface area contributed by atoms with Gasteiger partial charge >= 0.3 is 0 Å². The van der Waals surface area contributed by atoms with Crippen LogP contribution >= 0.6 is 11.8 Å². The number of carbonyl (C=O) groups is 1. The standard InChI is InChI=1S/C14H21NOS/c1-5-11-8-6-7-9-12(11)15-13(16)10-17-14(2,3)4/h6-9H,5,10H2,1-4H3,(H,15,16). The van der Waals surface area contributed by atoms with Crippen molar-refractivity contribution >= 4 is 23.4 Å². The summed E-state index contributed by atoms with van der Waals surface area (Å²) in [7, 11) is 0. The first kappa shape index (κ1) is 14.1. The lowest BCUT2D eigenvalue weighted by molar-refractivity contribution is -0.113. The van der Waals surface area contributed by atoms with Gasteiger partial charge in [-0.3, -0.25) is 4.79 Å². The SMILES string of the molecule is CCc1ccccc1NC(=O)CSC(C)(C)C. The van der Waals surface area contributed by atoms with Crippen molar-refractivity contribution in [3.8, 4) is 0 Å². The van der Waals surface area contributed by atoms with Gasteiger partial charge in [0.05, 0.1) is 5.75 Å². The summed E-state index contributed by atoms with van der Waals surface area (Å²) < 4.78 is 0.127. The van der Waals surface area contributed by atoms with Gasteiger partial charge in [0.25, 0.3) is 0 Å². The summed E-state index contributed by atoms with van der Waals surface area (Å²) in [6.45, 7) is 8.44. The summed E-state index contributed by atoms with van der Waals surface area (Å²) in [6.07, 6.45) is 0.933. The van der Waals surface area contributed by atoms with Crippen LogP contribution in [-0.4, -0.2) is 16.4 Å². The Morgan fingerprint density at radius 1 is 1.29 bits per heavy atom. The second-order valence-corrected chi connectivity index (χ2v) is 6.76. The highest BCUT2D eigenvalue weighted by atomic mass is 32.2. The van der Waals surface area contributed by atoms with E-state index in [1.165, 1.54) is 5.56 Å². The molecule has 3 heteroatoms.